The number of para-hydroxylation sites is 1. The van der Waals surface area contributed by atoms with Gasteiger partial charge in [-0.2, -0.15) is 0 Å². The predicted molar refractivity (Wildman–Crippen MR) is 130 cm³/mol. The van der Waals surface area contributed by atoms with Crippen molar-refractivity contribution in [2.24, 2.45) is 0 Å². The van der Waals surface area contributed by atoms with Crippen molar-refractivity contribution >= 4 is 29.3 Å². The van der Waals surface area contributed by atoms with E-state index in [0.717, 1.165) is 11.1 Å². The van der Waals surface area contributed by atoms with Crippen molar-refractivity contribution in [3.05, 3.63) is 90.0 Å². The summed E-state index contributed by atoms with van der Waals surface area (Å²) in [5, 5.41) is 0. The van der Waals surface area contributed by atoms with Crippen LogP contribution >= 0.6 is 0 Å². The Bertz CT molecular complexity index is 1180. The second-order valence-electron chi connectivity index (χ2n) is 7.76. The summed E-state index contributed by atoms with van der Waals surface area (Å²) >= 11 is 0. The summed E-state index contributed by atoms with van der Waals surface area (Å²) in [4.78, 5) is 30.4. The lowest BCUT2D eigenvalue weighted by Crippen LogP contribution is -2.61. The molecule has 0 radical (unpaired) electrons. The predicted octanol–water partition coefficient (Wildman–Crippen LogP) is 4.56. The van der Waals surface area contributed by atoms with Crippen molar-refractivity contribution in [2.75, 3.05) is 30.6 Å². The molecule has 3 aromatic carbocycles. The molecule has 168 valence electrons. The maximum atomic E-state index is 13.9. The Labute approximate surface area is 193 Å². The van der Waals surface area contributed by atoms with Gasteiger partial charge in [-0.15, -0.1) is 0 Å². The molecule has 0 aliphatic carbocycles. The van der Waals surface area contributed by atoms with E-state index in [1.54, 1.807) is 30.2 Å². The molecular weight excluding hydrogens is 416 g/mol. The summed E-state index contributed by atoms with van der Waals surface area (Å²) in [6, 6.07) is 23.5. The van der Waals surface area contributed by atoms with Gasteiger partial charge in [-0.25, -0.2) is 0 Å². The van der Waals surface area contributed by atoms with Gasteiger partial charge in [0.05, 0.1) is 19.9 Å². The highest BCUT2D eigenvalue weighted by atomic mass is 16.5. The SMILES string of the molecule is COc1ccc(N2CC(=O)N(c3ccccc3)[C@@H](/C(C)=C\c3ccccc3)C2=O)c(OC)c1. The van der Waals surface area contributed by atoms with E-state index in [-0.39, 0.29) is 18.4 Å². The van der Waals surface area contributed by atoms with Gasteiger partial charge in [0, 0.05) is 11.8 Å². The van der Waals surface area contributed by atoms with Gasteiger partial charge < -0.3 is 9.47 Å². The molecule has 0 spiro atoms. The fourth-order valence-corrected chi connectivity index (χ4v) is 4.07. The van der Waals surface area contributed by atoms with Crippen LogP contribution in [0.4, 0.5) is 11.4 Å². The number of amides is 2. The number of benzene rings is 3. The Morgan fingerprint density at radius 3 is 2.21 bits per heavy atom. The van der Waals surface area contributed by atoms with Crippen LogP contribution in [0.25, 0.3) is 6.08 Å². The molecule has 6 heteroatoms. The molecule has 33 heavy (non-hydrogen) atoms. The number of hydrogen-bond donors (Lipinski definition) is 0. The molecule has 6 nitrogen and oxygen atoms in total. The third kappa shape index (κ3) is 4.46. The van der Waals surface area contributed by atoms with E-state index >= 15 is 0 Å². The van der Waals surface area contributed by atoms with Crippen LogP contribution in [0.2, 0.25) is 0 Å². The zero-order valence-electron chi connectivity index (χ0n) is 18.9. The number of carbonyl (C=O) groups is 2. The van der Waals surface area contributed by atoms with Crippen LogP contribution < -0.4 is 19.3 Å². The Morgan fingerprint density at radius 1 is 0.909 bits per heavy atom. The second-order valence-corrected chi connectivity index (χ2v) is 7.76. The molecule has 0 aromatic heterocycles. The minimum absolute atomic E-state index is 0.0917. The Balaban J connectivity index is 1.80. The molecule has 0 bridgehead atoms. The highest BCUT2D eigenvalue weighted by molar-refractivity contribution is 6.16. The van der Waals surface area contributed by atoms with Crippen molar-refractivity contribution in [1.82, 2.24) is 0 Å². The van der Waals surface area contributed by atoms with Crippen LogP contribution in [0.15, 0.2) is 84.4 Å². The first kappa shape index (κ1) is 22.1. The summed E-state index contributed by atoms with van der Waals surface area (Å²) < 4.78 is 10.8. The van der Waals surface area contributed by atoms with E-state index in [1.165, 1.54) is 12.0 Å². The molecule has 4 rings (SSSR count). The molecule has 1 aliphatic heterocycles. The highest BCUT2D eigenvalue weighted by Crippen LogP contribution is 2.36. The Morgan fingerprint density at radius 2 is 1.58 bits per heavy atom. The molecule has 2 amide bonds. The molecule has 0 saturated carbocycles. The molecule has 1 atom stereocenters. The number of hydrogen-bond acceptors (Lipinski definition) is 4. The van der Waals surface area contributed by atoms with Crippen molar-refractivity contribution in [3.63, 3.8) is 0 Å². The monoisotopic (exact) mass is 442 g/mol. The Kier molecular flexibility index (Phi) is 6.45. The number of nitrogens with zero attached hydrogens (tertiary/aromatic N) is 2. The molecule has 1 fully saturated rings. The van der Waals surface area contributed by atoms with E-state index in [4.69, 9.17) is 9.47 Å². The van der Waals surface area contributed by atoms with Crippen LogP contribution in [0.1, 0.15) is 12.5 Å². The average molecular weight is 443 g/mol. The molecular formula is C27H26N2O4. The van der Waals surface area contributed by atoms with E-state index in [2.05, 4.69) is 0 Å². The smallest absolute Gasteiger partial charge is 0.255 e. The summed E-state index contributed by atoms with van der Waals surface area (Å²) in [7, 11) is 3.10. The van der Waals surface area contributed by atoms with Crippen molar-refractivity contribution in [2.45, 2.75) is 13.0 Å². The first-order valence-electron chi connectivity index (χ1n) is 10.7. The largest absolute Gasteiger partial charge is 0.497 e. The van der Waals surface area contributed by atoms with Gasteiger partial charge in [0.15, 0.2) is 0 Å². The van der Waals surface area contributed by atoms with Gasteiger partial charge in [0.2, 0.25) is 5.91 Å². The summed E-state index contributed by atoms with van der Waals surface area (Å²) in [5.41, 5.74) is 2.94. The molecule has 1 heterocycles. The third-order valence-electron chi connectivity index (χ3n) is 5.66. The van der Waals surface area contributed by atoms with Gasteiger partial charge in [-0.1, -0.05) is 54.6 Å². The number of ether oxygens (including phenoxy) is 2. The first-order chi connectivity index (χ1) is 16.0. The number of anilines is 2. The van der Waals surface area contributed by atoms with Gasteiger partial charge in [0.1, 0.15) is 24.1 Å². The van der Waals surface area contributed by atoms with Gasteiger partial charge >= 0.3 is 0 Å². The van der Waals surface area contributed by atoms with Crippen LogP contribution in [-0.2, 0) is 9.59 Å². The standard InChI is InChI=1S/C27H26N2O4/c1-19(16-20-10-6-4-7-11-20)26-27(31)28(23-15-14-22(32-2)17-24(23)33-3)18-25(30)29(26)21-12-8-5-9-13-21/h4-17,26H,18H2,1-3H3/b19-16-/t26-/m0/s1. The zero-order valence-corrected chi connectivity index (χ0v) is 18.9. The number of piperazine rings is 1. The third-order valence-corrected chi connectivity index (χ3v) is 5.66. The topological polar surface area (TPSA) is 59.1 Å². The molecule has 1 saturated heterocycles. The second kappa shape index (κ2) is 9.61. The summed E-state index contributed by atoms with van der Waals surface area (Å²) in [6.45, 7) is 1.79. The number of rotatable bonds is 6. The molecule has 0 N–H and O–H groups in total. The van der Waals surface area contributed by atoms with Crippen molar-refractivity contribution in [1.29, 1.82) is 0 Å². The van der Waals surface area contributed by atoms with Crippen LogP contribution in [0.5, 0.6) is 11.5 Å². The first-order valence-corrected chi connectivity index (χ1v) is 10.7. The lowest BCUT2D eigenvalue weighted by Gasteiger charge is -2.41. The maximum Gasteiger partial charge on any atom is 0.255 e. The van der Waals surface area contributed by atoms with E-state index < -0.39 is 6.04 Å². The average Bonchev–Trinajstić information content (AvgIpc) is 2.85. The van der Waals surface area contributed by atoms with E-state index in [9.17, 15) is 9.59 Å². The number of methoxy groups -OCH3 is 2. The zero-order chi connectivity index (χ0) is 23.4. The molecule has 0 unspecified atom stereocenters. The van der Waals surface area contributed by atoms with Gasteiger partial charge in [0.25, 0.3) is 5.91 Å². The van der Waals surface area contributed by atoms with Crippen LogP contribution in [0, 0.1) is 0 Å². The fraction of sp³-hybridized carbons (Fsp3) is 0.185. The van der Waals surface area contributed by atoms with Crippen molar-refractivity contribution in [3.8, 4) is 11.5 Å². The van der Waals surface area contributed by atoms with Gasteiger partial charge in [-0.05, 0) is 42.3 Å². The lowest BCUT2D eigenvalue weighted by molar-refractivity contribution is -0.127. The van der Waals surface area contributed by atoms with E-state index in [1.807, 2.05) is 73.7 Å². The fourth-order valence-electron chi connectivity index (χ4n) is 4.07. The number of carbonyl (C=O) groups excluding carboxylic acids is 2. The Hall–Kier alpha value is -4.06. The summed E-state index contributed by atoms with van der Waals surface area (Å²) in [6.07, 6.45) is 1.94. The van der Waals surface area contributed by atoms with Crippen LogP contribution in [-0.4, -0.2) is 38.6 Å². The summed E-state index contributed by atoms with van der Waals surface area (Å²) in [5.74, 6) is 0.692. The van der Waals surface area contributed by atoms with Gasteiger partial charge in [-0.3, -0.25) is 19.4 Å². The molecule has 3 aromatic rings. The van der Waals surface area contributed by atoms with E-state index in [0.29, 0.717) is 22.9 Å². The lowest BCUT2D eigenvalue weighted by atomic mass is 9.98. The normalized spacial score (nSPS) is 16.7. The minimum Gasteiger partial charge on any atom is -0.497 e. The van der Waals surface area contributed by atoms with Crippen molar-refractivity contribution < 1.29 is 19.1 Å². The quantitative estimate of drug-likeness (QED) is 0.562. The van der Waals surface area contributed by atoms with Crippen LogP contribution in [0.3, 0.4) is 0 Å². The minimum atomic E-state index is -0.791. The highest BCUT2D eigenvalue weighted by Gasteiger charge is 2.42. The molecule has 1 aliphatic rings. The maximum absolute atomic E-state index is 13.9.